The van der Waals surface area contributed by atoms with Crippen LogP contribution in [-0.2, 0) is 14.3 Å². The third-order valence-corrected chi connectivity index (χ3v) is 5.55. The van der Waals surface area contributed by atoms with Gasteiger partial charge in [0.15, 0.2) is 12.4 Å². The van der Waals surface area contributed by atoms with Crippen molar-refractivity contribution >= 4 is 40.9 Å². The molecule has 0 atom stereocenters. The van der Waals surface area contributed by atoms with E-state index in [0.29, 0.717) is 21.8 Å². The standard InChI is InChI=1S/C27H24ClNO6/c1-17-6-8-20(9-7-17)27(33)35-21-12-10-19(11-13-21)24(30)16-34-26(32)15-14-25(31)29-23-5-3-4-22(28)18(23)2/h3-13H,14-16H2,1-2H3,(H,29,31). The molecule has 0 aliphatic rings. The van der Waals surface area contributed by atoms with Crippen LogP contribution in [0.4, 0.5) is 5.69 Å². The number of esters is 2. The summed E-state index contributed by atoms with van der Waals surface area (Å²) >= 11 is 6.03. The lowest BCUT2D eigenvalue weighted by molar-refractivity contribution is -0.143. The number of carbonyl (C=O) groups excluding carboxylic acids is 4. The highest BCUT2D eigenvalue weighted by molar-refractivity contribution is 6.31. The minimum atomic E-state index is -0.667. The predicted molar refractivity (Wildman–Crippen MR) is 132 cm³/mol. The Morgan fingerprint density at radius 3 is 2.17 bits per heavy atom. The zero-order valence-electron chi connectivity index (χ0n) is 19.3. The predicted octanol–water partition coefficient (Wildman–Crippen LogP) is 5.32. The summed E-state index contributed by atoms with van der Waals surface area (Å²) in [5.41, 5.74) is 3.04. The summed E-state index contributed by atoms with van der Waals surface area (Å²) in [6.07, 6.45) is -0.271. The maximum absolute atomic E-state index is 12.3. The highest BCUT2D eigenvalue weighted by Gasteiger charge is 2.14. The van der Waals surface area contributed by atoms with Crippen molar-refractivity contribution in [2.24, 2.45) is 0 Å². The van der Waals surface area contributed by atoms with Crippen molar-refractivity contribution in [1.82, 2.24) is 0 Å². The summed E-state index contributed by atoms with van der Waals surface area (Å²) < 4.78 is 10.3. The van der Waals surface area contributed by atoms with E-state index in [0.717, 1.165) is 11.1 Å². The smallest absolute Gasteiger partial charge is 0.343 e. The molecule has 0 unspecified atom stereocenters. The van der Waals surface area contributed by atoms with Crippen molar-refractivity contribution < 1.29 is 28.7 Å². The lowest BCUT2D eigenvalue weighted by Gasteiger charge is -2.09. The Kier molecular flexibility index (Phi) is 8.75. The van der Waals surface area contributed by atoms with Gasteiger partial charge in [0.25, 0.3) is 0 Å². The quantitative estimate of drug-likeness (QED) is 0.246. The average molecular weight is 494 g/mol. The van der Waals surface area contributed by atoms with Crippen LogP contribution < -0.4 is 10.1 Å². The minimum absolute atomic E-state index is 0.0972. The first-order valence-electron chi connectivity index (χ1n) is 10.9. The van der Waals surface area contributed by atoms with E-state index >= 15 is 0 Å². The molecule has 8 heteroatoms. The molecule has 3 rings (SSSR count). The Morgan fingerprint density at radius 2 is 1.49 bits per heavy atom. The molecule has 3 aromatic carbocycles. The van der Waals surface area contributed by atoms with Gasteiger partial charge in [-0.05, 0) is 67.9 Å². The Labute approximate surface area is 208 Å². The van der Waals surface area contributed by atoms with Gasteiger partial charge in [-0.2, -0.15) is 0 Å². The maximum atomic E-state index is 12.3. The first-order chi connectivity index (χ1) is 16.7. The van der Waals surface area contributed by atoms with E-state index in [1.807, 2.05) is 19.1 Å². The summed E-state index contributed by atoms with van der Waals surface area (Å²) in [6.45, 7) is 3.23. The minimum Gasteiger partial charge on any atom is -0.457 e. The number of halogens is 1. The fourth-order valence-corrected chi connectivity index (χ4v) is 3.21. The van der Waals surface area contributed by atoms with Gasteiger partial charge < -0.3 is 14.8 Å². The average Bonchev–Trinajstić information content (AvgIpc) is 2.85. The monoisotopic (exact) mass is 493 g/mol. The van der Waals surface area contributed by atoms with Crippen molar-refractivity contribution in [3.05, 3.63) is 94.0 Å². The van der Waals surface area contributed by atoms with Crippen molar-refractivity contribution in [2.75, 3.05) is 11.9 Å². The molecular weight excluding hydrogens is 470 g/mol. The fraction of sp³-hybridized carbons (Fsp3) is 0.185. The molecule has 1 amide bonds. The molecule has 0 bridgehead atoms. The van der Waals surface area contributed by atoms with E-state index in [2.05, 4.69) is 5.32 Å². The maximum Gasteiger partial charge on any atom is 0.343 e. The van der Waals surface area contributed by atoms with Gasteiger partial charge in [-0.3, -0.25) is 14.4 Å². The highest BCUT2D eigenvalue weighted by Crippen LogP contribution is 2.23. The number of aryl methyl sites for hydroxylation is 1. The number of benzene rings is 3. The number of carbonyl (C=O) groups is 4. The second kappa shape index (κ2) is 11.9. The summed E-state index contributed by atoms with van der Waals surface area (Å²) in [4.78, 5) is 48.5. The lowest BCUT2D eigenvalue weighted by atomic mass is 10.1. The number of hydrogen-bond acceptors (Lipinski definition) is 6. The van der Waals surface area contributed by atoms with Gasteiger partial charge in [0.2, 0.25) is 5.91 Å². The molecular formula is C27H24ClNO6. The van der Waals surface area contributed by atoms with E-state index in [9.17, 15) is 19.2 Å². The van der Waals surface area contributed by atoms with E-state index < -0.39 is 24.3 Å². The van der Waals surface area contributed by atoms with E-state index in [1.54, 1.807) is 37.3 Å². The molecule has 0 saturated heterocycles. The van der Waals surface area contributed by atoms with Crippen LogP contribution in [0.25, 0.3) is 0 Å². The second-order valence-electron chi connectivity index (χ2n) is 7.82. The number of hydrogen-bond donors (Lipinski definition) is 1. The molecule has 0 heterocycles. The zero-order chi connectivity index (χ0) is 25.4. The fourth-order valence-electron chi connectivity index (χ4n) is 3.04. The van der Waals surface area contributed by atoms with E-state index in [4.69, 9.17) is 21.1 Å². The summed E-state index contributed by atoms with van der Waals surface area (Å²) in [7, 11) is 0. The van der Waals surface area contributed by atoms with Gasteiger partial charge in [-0.15, -0.1) is 0 Å². The van der Waals surface area contributed by atoms with Gasteiger partial charge in [0, 0.05) is 22.7 Å². The van der Waals surface area contributed by atoms with Crippen LogP contribution in [-0.4, -0.2) is 30.2 Å². The zero-order valence-corrected chi connectivity index (χ0v) is 20.1. The number of amides is 1. The lowest BCUT2D eigenvalue weighted by Crippen LogP contribution is -2.17. The molecule has 1 N–H and O–H groups in total. The van der Waals surface area contributed by atoms with Crippen LogP contribution in [0.5, 0.6) is 5.75 Å². The molecule has 0 radical (unpaired) electrons. The third-order valence-electron chi connectivity index (χ3n) is 5.14. The van der Waals surface area contributed by atoms with Gasteiger partial charge in [0.05, 0.1) is 12.0 Å². The van der Waals surface area contributed by atoms with Crippen molar-refractivity contribution in [3.8, 4) is 5.75 Å². The number of Topliss-reactive ketones (excluding diaryl/α,β-unsaturated/α-hetero) is 1. The van der Waals surface area contributed by atoms with Gasteiger partial charge in [-0.1, -0.05) is 35.4 Å². The van der Waals surface area contributed by atoms with Crippen LogP contribution in [0.2, 0.25) is 5.02 Å². The molecule has 0 aliphatic carbocycles. The van der Waals surface area contributed by atoms with Crippen molar-refractivity contribution in [1.29, 1.82) is 0 Å². The molecule has 35 heavy (non-hydrogen) atoms. The van der Waals surface area contributed by atoms with Crippen LogP contribution in [0.15, 0.2) is 66.7 Å². The normalized spacial score (nSPS) is 10.4. The number of nitrogens with one attached hydrogen (secondary N) is 1. The molecule has 0 aliphatic heterocycles. The topological polar surface area (TPSA) is 98.8 Å². The Balaban J connectivity index is 1.42. The Morgan fingerprint density at radius 1 is 0.829 bits per heavy atom. The Hall–Kier alpha value is -3.97. The number of anilines is 1. The molecule has 3 aromatic rings. The van der Waals surface area contributed by atoms with E-state index in [1.165, 1.54) is 24.3 Å². The third kappa shape index (κ3) is 7.52. The molecule has 0 spiro atoms. The van der Waals surface area contributed by atoms with E-state index in [-0.39, 0.29) is 24.5 Å². The molecule has 7 nitrogen and oxygen atoms in total. The highest BCUT2D eigenvalue weighted by atomic mass is 35.5. The molecule has 0 fully saturated rings. The molecule has 180 valence electrons. The summed E-state index contributed by atoms with van der Waals surface area (Å²) in [6, 6.07) is 18.1. The van der Waals surface area contributed by atoms with Crippen LogP contribution in [0.1, 0.15) is 44.7 Å². The number of ether oxygens (including phenoxy) is 2. The van der Waals surface area contributed by atoms with Crippen LogP contribution in [0.3, 0.4) is 0 Å². The first-order valence-corrected chi connectivity index (χ1v) is 11.2. The van der Waals surface area contributed by atoms with Crippen molar-refractivity contribution in [3.63, 3.8) is 0 Å². The van der Waals surface area contributed by atoms with Crippen LogP contribution >= 0.6 is 11.6 Å². The Bertz CT molecular complexity index is 1240. The number of rotatable bonds is 9. The summed E-state index contributed by atoms with van der Waals surface area (Å²) in [5, 5.41) is 3.22. The first kappa shape index (κ1) is 25.6. The van der Waals surface area contributed by atoms with Gasteiger partial charge >= 0.3 is 11.9 Å². The molecule has 0 saturated carbocycles. The summed E-state index contributed by atoms with van der Waals surface area (Å²) in [5.74, 6) is -1.68. The second-order valence-corrected chi connectivity index (χ2v) is 8.23. The van der Waals surface area contributed by atoms with Crippen LogP contribution in [0, 0.1) is 13.8 Å². The van der Waals surface area contributed by atoms with Gasteiger partial charge in [0.1, 0.15) is 5.75 Å². The SMILES string of the molecule is Cc1ccc(C(=O)Oc2ccc(C(=O)COC(=O)CCC(=O)Nc3cccc(Cl)c3C)cc2)cc1. The molecule has 0 aromatic heterocycles. The van der Waals surface area contributed by atoms with Crippen molar-refractivity contribution in [2.45, 2.75) is 26.7 Å². The van der Waals surface area contributed by atoms with Gasteiger partial charge in [-0.25, -0.2) is 4.79 Å². The number of ketones is 1. The largest absolute Gasteiger partial charge is 0.457 e.